The van der Waals surface area contributed by atoms with E-state index in [1.165, 1.54) is 83.5 Å². The highest BCUT2D eigenvalue weighted by Gasteiger charge is 2.24. The first-order valence-electron chi connectivity index (χ1n) is 14.6. The molecule has 0 radical (unpaired) electrons. The number of carbonyl (C=O) groups excluding carboxylic acids is 2. The average molecular weight is 550 g/mol. The molecule has 0 unspecified atom stereocenters. The van der Waals surface area contributed by atoms with Gasteiger partial charge in [-0.1, -0.05) is 103 Å². The summed E-state index contributed by atoms with van der Waals surface area (Å²) in [4.78, 5) is 35.3. The van der Waals surface area contributed by atoms with Gasteiger partial charge in [-0.15, -0.1) is 12.4 Å². The molecule has 8 nitrogen and oxygen atoms in total. The summed E-state index contributed by atoms with van der Waals surface area (Å²) >= 11 is 0. The molecule has 0 saturated heterocycles. The Morgan fingerprint density at radius 3 is 1.65 bits per heavy atom. The molecule has 0 aromatic carbocycles. The van der Waals surface area contributed by atoms with Crippen LogP contribution in [0.5, 0.6) is 0 Å². The minimum atomic E-state index is -1.19. The van der Waals surface area contributed by atoms with Crippen molar-refractivity contribution < 1.29 is 24.2 Å². The molecule has 0 aliphatic heterocycles. The van der Waals surface area contributed by atoms with Gasteiger partial charge in [0.15, 0.2) is 0 Å². The van der Waals surface area contributed by atoms with E-state index in [4.69, 9.17) is 16.2 Å². The van der Waals surface area contributed by atoms with Crippen molar-refractivity contribution in [3.63, 3.8) is 0 Å². The summed E-state index contributed by atoms with van der Waals surface area (Å²) in [6, 6.07) is -1.97. The SMILES string of the molecule is CCCCCCCCCCCCCCCCCCOC(=O)CC[C@H](NC(=O)[C@@H](N)CCCN)C(=O)O.Cl. The average Bonchev–Trinajstić information content (AvgIpc) is 2.86. The third-order valence-corrected chi connectivity index (χ3v) is 6.57. The lowest BCUT2D eigenvalue weighted by Crippen LogP contribution is -2.48. The lowest BCUT2D eigenvalue weighted by molar-refractivity contribution is -0.145. The van der Waals surface area contributed by atoms with Crippen LogP contribution in [0.15, 0.2) is 0 Å². The number of carbonyl (C=O) groups is 3. The van der Waals surface area contributed by atoms with Crippen molar-refractivity contribution in [3.8, 4) is 0 Å². The molecule has 0 aromatic rings. The largest absolute Gasteiger partial charge is 0.480 e. The zero-order valence-corrected chi connectivity index (χ0v) is 24.2. The van der Waals surface area contributed by atoms with Crippen molar-refractivity contribution in [1.29, 1.82) is 0 Å². The second-order valence-corrected chi connectivity index (χ2v) is 10.00. The zero-order chi connectivity index (χ0) is 26.9. The Morgan fingerprint density at radius 1 is 0.757 bits per heavy atom. The first kappa shape index (κ1) is 37.8. The Kier molecular flexibility index (Phi) is 28.2. The third-order valence-electron chi connectivity index (χ3n) is 6.57. The maximum atomic E-state index is 12.0. The van der Waals surface area contributed by atoms with Crippen molar-refractivity contribution in [3.05, 3.63) is 0 Å². The predicted octanol–water partition coefficient (Wildman–Crippen LogP) is 5.63. The van der Waals surface area contributed by atoms with E-state index in [1.54, 1.807) is 0 Å². The molecular weight excluding hydrogens is 494 g/mol. The van der Waals surface area contributed by atoms with E-state index in [0.29, 0.717) is 26.0 Å². The summed E-state index contributed by atoms with van der Waals surface area (Å²) < 4.78 is 5.21. The predicted molar refractivity (Wildman–Crippen MR) is 153 cm³/mol. The van der Waals surface area contributed by atoms with Crippen molar-refractivity contribution in [1.82, 2.24) is 5.32 Å². The molecule has 0 heterocycles. The number of nitrogens with two attached hydrogens (primary N) is 2. The number of hydrogen-bond donors (Lipinski definition) is 4. The van der Waals surface area contributed by atoms with Crippen LogP contribution in [0.1, 0.15) is 135 Å². The van der Waals surface area contributed by atoms with E-state index < -0.39 is 29.9 Å². The van der Waals surface area contributed by atoms with Gasteiger partial charge in [0.2, 0.25) is 5.91 Å². The highest BCUT2D eigenvalue weighted by Crippen LogP contribution is 2.14. The maximum Gasteiger partial charge on any atom is 0.326 e. The first-order valence-corrected chi connectivity index (χ1v) is 14.6. The number of hydrogen-bond acceptors (Lipinski definition) is 6. The number of carboxylic acids is 1. The Labute approximate surface area is 231 Å². The minimum Gasteiger partial charge on any atom is -0.480 e. The van der Waals surface area contributed by atoms with E-state index >= 15 is 0 Å². The highest BCUT2D eigenvalue weighted by atomic mass is 35.5. The summed E-state index contributed by atoms with van der Waals surface area (Å²) in [6.45, 7) is 3.02. The molecule has 220 valence electrons. The molecule has 37 heavy (non-hydrogen) atoms. The Bertz CT molecular complexity index is 566. The van der Waals surface area contributed by atoms with Gasteiger partial charge in [0.05, 0.1) is 12.6 Å². The minimum absolute atomic E-state index is 0. The van der Waals surface area contributed by atoms with Gasteiger partial charge in [0.1, 0.15) is 6.04 Å². The maximum absolute atomic E-state index is 12.0. The lowest BCUT2D eigenvalue weighted by atomic mass is 10.0. The van der Waals surface area contributed by atoms with E-state index in [2.05, 4.69) is 12.2 Å². The number of nitrogens with one attached hydrogen (secondary N) is 1. The Balaban J connectivity index is 0. The molecule has 0 fully saturated rings. The van der Waals surface area contributed by atoms with E-state index in [9.17, 15) is 19.5 Å². The standard InChI is InChI=1S/C28H55N3O5.ClH/c1-2-3-4-5-6-7-8-9-10-11-12-13-14-15-16-17-23-36-26(32)21-20-25(28(34)35)31-27(33)24(30)19-18-22-29;/h24-25H,2-23,29-30H2,1H3,(H,31,33)(H,34,35);1H/t24-,25-;/m0./s1. The van der Waals surface area contributed by atoms with Crippen LogP contribution in [-0.2, 0) is 19.1 Å². The van der Waals surface area contributed by atoms with Crippen LogP contribution in [0.2, 0.25) is 0 Å². The number of unbranched alkanes of at least 4 members (excludes halogenated alkanes) is 15. The number of esters is 1. The molecular formula is C28H56ClN3O5. The number of halogens is 1. The monoisotopic (exact) mass is 549 g/mol. The summed E-state index contributed by atoms with van der Waals surface area (Å²) in [5.74, 6) is -2.18. The van der Waals surface area contributed by atoms with Crippen molar-refractivity contribution in [2.24, 2.45) is 11.5 Å². The van der Waals surface area contributed by atoms with Crippen LogP contribution in [0.3, 0.4) is 0 Å². The number of rotatable bonds is 26. The topological polar surface area (TPSA) is 145 Å². The van der Waals surface area contributed by atoms with E-state index in [1.807, 2.05) is 0 Å². The molecule has 2 atom stereocenters. The van der Waals surface area contributed by atoms with Crippen LogP contribution in [0.25, 0.3) is 0 Å². The van der Waals surface area contributed by atoms with Gasteiger partial charge in [-0.3, -0.25) is 9.59 Å². The van der Waals surface area contributed by atoms with Gasteiger partial charge in [-0.05, 0) is 32.2 Å². The number of ether oxygens (including phenoxy) is 1. The van der Waals surface area contributed by atoms with Gasteiger partial charge in [0, 0.05) is 6.42 Å². The molecule has 0 saturated carbocycles. The van der Waals surface area contributed by atoms with Gasteiger partial charge < -0.3 is 26.6 Å². The number of aliphatic carboxylic acids is 1. The van der Waals surface area contributed by atoms with Crippen LogP contribution in [0, 0.1) is 0 Å². The highest BCUT2D eigenvalue weighted by molar-refractivity contribution is 5.87. The molecule has 0 spiro atoms. The quantitative estimate of drug-likeness (QED) is 0.0807. The first-order chi connectivity index (χ1) is 17.4. The molecule has 0 aliphatic rings. The second-order valence-electron chi connectivity index (χ2n) is 10.00. The molecule has 0 bridgehead atoms. The molecule has 0 aromatic heterocycles. The molecule has 6 N–H and O–H groups in total. The molecule has 0 rings (SSSR count). The van der Waals surface area contributed by atoms with Crippen molar-refractivity contribution in [2.75, 3.05) is 13.2 Å². The fourth-order valence-electron chi connectivity index (χ4n) is 4.18. The Hall–Kier alpha value is -1.38. The van der Waals surface area contributed by atoms with Gasteiger partial charge in [-0.25, -0.2) is 4.79 Å². The van der Waals surface area contributed by atoms with Crippen molar-refractivity contribution >= 4 is 30.3 Å². The second kappa shape index (κ2) is 27.6. The van der Waals surface area contributed by atoms with Gasteiger partial charge in [0.25, 0.3) is 0 Å². The number of amides is 1. The summed E-state index contributed by atoms with van der Waals surface area (Å²) in [5, 5.41) is 11.7. The van der Waals surface area contributed by atoms with Crippen LogP contribution in [0.4, 0.5) is 0 Å². The van der Waals surface area contributed by atoms with Crippen molar-refractivity contribution in [2.45, 2.75) is 147 Å². The fourth-order valence-corrected chi connectivity index (χ4v) is 4.18. The molecule has 0 aliphatic carbocycles. The molecule has 1 amide bonds. The lowest BCUT2D eigenvalue weighted by Gasteiger charge is -2.17. The van der Waals surface area contributed by atoms with Crippen LogP contribution >= 0.6 is 12.4 Å². The summed E-state index contributed by atoms with van der Waals surface area (Å²) in [7, 11) is 0. The fraction of sp³-hybridized carbons (Fsp3) is 0.893. The normalized spacial score (nSPS) is 12.4. The van der Waals surface area contributed by atoms with Gasteiger partial charge in [-0.2, -0.15) is 0 Å². The van der Waals surface area contributed by atoms with Crippen LogP contribution in [-0.4, -0.2) is 48.2 Å². The smallest absolute Gasteiger partial charge is 0.326 e. The van der Waals surface area contributed by atoms with E-state index in [-0.39, 0.29) is 25.2 Å². The summed E-state index contributed by atoms with van der Waals surface area (Å²) in [6.07, 6.45) is 21.5. The number of carboxylic acid groups (broad SMARTS) is 1. The summed E-state index contributed by atoms with van der Waals surface area (Å²) in [5.41, 5.74) is 11.1. The molecule has 9 heteroatoms. The third kappa shape index (κ3) is 24.7. The zero-order valence-electron chi connectivity index (χ0n) is 23.4. The van der Waals surface area contributed by atoms with Gasteiger partial charge >= 0.3 is 11.9 Å². The van der Waals surface area contributed by atoms with Crippen LogP contribution < -0.4 is 16.8 Å². The Morgan fingerprint density at radius 2 is 1.22 bits per heavy atom. The van der Waals surface area contributed by atoms with E-state index in [0.717, 1.165) is 19.3 Å².